The first kappa shape index (κ1) is 22.8. The smallest absolute Gasteiger partial charge is 0.231 e. The number of nitrogens with one attached hydrogen (secondary N) is 1. The Balaban J connectivity index is 1.36. The van der Waals surface area contributed by atoms with Gasteiger partial charge in [0.15, 0.2) is 5.82 Å². The van der Waals surface area contributed by atoms with Crippen LogP contribution in [-0.2, 0) is 13.6 Å². The molecule has 1 saturated carbocycles. The number of benzene rings is 1. The molecule has 1 fully saturated rings. The number of aromatic nitrogens is 5. The highest BCUT2D eigenvalue weighted by Crippen LogP contribution is 2.30. The van der Waals surface area contributed by atoms with Gasteiger partial charge in [0.1, 0.15) is 0 Å². The predicted octanol–water partition coefficient (Wildman–Crippen LogP) is 4.24. The summed E-state index contributed by atoms with van der Waals surface area (Å²) in [6.45, 7) is 2.78. The molecule has 0 radical (unpaired) electrons. The van der Waals surface area contributed by atoms with Crippen molar-refractivity contribution >= 4 is 34.1 Å². The van der Waals surface area contributed by atoms with Crippen LogP contribution in [0.4, 0.5) is 11.6 Å². The Morgan fingerprint density at radius 2 is 2.03 bits per heavy atom. The van der Waals surface area contributed by atoms with E-state index in [4.69, 9.17) is 27.4 Å². The lowest BCUT2D eigenvalue weighted by atomic mass is 9.91. The highest BCUT2D eigenvalue weighted by atomic mass is 35.5. The lowest BCUT2D eigenvalue weighted by Crippen LogP contribution is -2.46. The van der Waals surface area contributed by atoms with Gasteiger partial charge in [-0.05, 0) is 38.0 Å². The van der Waals surface area contributed by atoms with Gasteiger partial charge in [0.2, 0.25) is 5.95 Å². The normalized spacial score (nSPS) is 18.5. The zero-order valence-corrected chi connectivity index (χ0v) is 20.6. The molecule has 1 aliphatic rings. The molecule has 3 heterocycles. The van der Waals surface area contributed by atoms with E-state index in [0.717, 1.165) is 58.1 Å². The van der Waals surface area contributed by atoms with Crippen LogP contribution in [0.3, 0.4) is 0 Å². The van der Waals surface area contributed by atoms with Crippen molar-refractivity contribution in [3.05, 3.63) is 59.1 Å². The molecule has 178 valence electrons. The van der Waals surface area contributed by atoms with Crippen LogP contribution in [0.25, 0.3) is 16.7 Å². The molecular weight excluding hydrogens is 448 g/mol. The number of halogens is 1. The molecule has 4 aromatic rings. The van der Waals surface area contributed by atoms with Crippen molar-refractivity contribution in [3.63, 3.8) is 0 Å². The first-order chi connectivity index (χ1) is 16.4. The first-order valence-corrected chi connectivity index (χ1v) is 12.1. The topological polar surface area (TPSA) is 89.8 Å². The van der Waals surface area contributed by atoms with Gasteiger partial charge in [0, 0.05) is 79.5 Å². The molecule has 3 aromatic heterocycles. The maximum Gasteiger partial charge on any atom is 0.231 e. The number of nitrogens with zero attached hydrogens (tertiary/aromatic N) is 6. The second kappa shape index (κ2) is 9.37. The van der Waals surface area contributed by atoms with Gasteiger partial charge >= 0.3 is 0 Å². The van der Waals surface area contributed by atoms with Crippen molar-refractivity contribution in [2.24, 2.45) is 12.8 Å². The summed E-state index contributed by atoms with van der Waals surface area (Å²) >= 11 is 6.41. The van der Waals surface area contributed by atoms with E-state index in [1.807, 2.05) is 59.7 Å². The number of anilines is 2. The van der Waals surface area contributed by atoms with Crippen LogP contribution < -0.4 is 16.0 Å². The largest absolute Gasteiger partial charge is 0.349 e. The quantitative estimate of drug-likeness (QED) is 0.430. The lowest BCUT2D eigenvalue weighted by Gasteiger charge is -2.29. The maximum atomic E-state index is 6.41. The Kier molecular flexibility index (Phi) is 6.29. The molecule has 9 heteroatoms. The van der Waals surface area contributed by atoms with E-state index in [1.54, 1.807) is 6.20 Å². The van der Waals surface area contributed by atoms with Gasteiger partial charge in [-0.3, -0.25) is 0 Å². The molecule has 34 heavy (non-hydrogen) atoms. The minimum Gasteiger partial charge on any atom is -0.349 e. The van der Waals surface area contributed by atoms with Gasteiger partial charge in [-0.1, -0.05) is 24.4 Å². The fraction of sp³-hybridized carbons (Fsp3) is 0.400. The summed E-state index contributed by atoms with van der Waals surface area (Å²) in [6, 6.07) is 8.64. The number of aryl methyl sites for hydroxylation is 2. The van der Waals surface area contributed by atoms with Gasteiger partial charge in [-0.2, -0.15) is 10.1 Å². The second-order valence-electron chi connectivity index (χ2n) is 9.18. The van der Waals surface area contributed by atoms with Crippen LogP contribution in [0, 0.1) is 6.92 Å². The van der Waals surface area contributed by atoms with E-state index in [2.05, 4.69) is 22.4 Å². The molecular formula is C25H31ClN8. The van der Waals surface area contributed by atoms with E-state index >= 15 is 0 Å². The van der Waals surface area contributed by atoms with E-state index in [1.165, 1.54) is 12.8 Å². The third-order valence-electron chi connectivity index (χ3n) is 6.85. The predicted molar refractivity (Wildman–Crippen MR) is 137 cm³/mol. The number of fused-ring (bicyclic) bond motifs is 1. The summed E-state index contributed by atoms with van der Waals surface area (Å²) in [5.41, 5.74) is 10.5. The van der Waals surface area contributed by atoms with Crippen LogP contribution in [0.5, 0.6) is 0 Å². The van der Waals surface area contributed by atoms with Crippen molar-refractivity contribution in [2.75, 3.05) is 11.9 Å². The zero-order valence-electron chi connectivity index (χ0n) is 19.9. The Morgan fingerprint density at radius 1 is 1.21 bits per heavy atom. The molecule has 1 aromatic carbocycles. The Morgan fingerprint density at radius 3 is 2.85 bits per heavy atom. The van der Waals surface area contributed by atoms with Gasteiger partial charge in [0.25, 0.3) is 0 Å². The highest BCUT2D eigenvalue weighted by Gasteiger charge is 2.21. The van der Waals surface area contributed by atoms with Crippen molar-refractivity contribution in [1.29, 1.82) is 0 Å². The third-order valence-corrected chi connectivity index (χ3v) is 7.15. The van der Waals surface area contributed by atoms with Crippen molar-refractivity contribution in [2.45, 2.75) is 51.2 Å². The number of rotatable bonds is 6. The van der Waals surface area contributed by atoms with Crippen molar-refractivity contribution in [3.8, 4) is 5.82 Å². The van der Waals surface area contributed by atoms with Gasteiger partial charge in [-0.15, -0.1) is 0 Å². The Hall–Kier alpha value is -2.94. The molecule has 0 spiro atoms. The monoisotopic (exact) mass is 478 g/mol. The van der Waals surface area contributed by atoms with Crippen LogP contribution in [0.15, 0.2) is 42.9 Å². The number of nitrogens with two attached hydrogens (primary N) is 1. The molecule has 8 nitrogen and oxygen atoms in total. The molecule has 2 atom stereocenters. The molecule has 0 amide bonds. The lowest BCUT2D eigenvalue weighted by molar-refractivity contribution is 0.326. The van der Waals surface area contributed by atoms with Crippen molar-refractivity contribution in [1.82, 2.24) is 29.6 Å². The summed E-state index contributed by atoms with van der Waals surface area (Å²) in [5.74, 6) is 1.31. The van der Waals surface area contributed by atoms with E-state index in [9.17, 15) is 0 Å². The standard InChI is InChI=1S/C25H31ClN8/c1-16-17(13-29-22-7-5-4-6-21(22)27)14-34(31-16)24-10-11-28-25(30-24)33(3)18-8-9-23-19(12-18)20(26)15-32(23)2/h8-12,14-15,21-22,29H,4-7,13,27H2,1-3H3/t21-,22+/m1/s1. The van der Waals surface area contributed by atoms with Crippen molar-refractivity contribution < 1.29 is 0 Å². The summed E-state index contributed by atoms with van der Waals surface area (Å²) < 4.78 is 3.84. The van der Waals surface area contributed by atoms with Gasteiger partial charge in [-0.25, -0.2) is 9.67 Å². The SMILES string of the molecule is Cc1nn(-c2ccnc(N(C)c3ccc4c(c3)c(Cl)cn4C)n2)cc1CN[C@H]1CCCC[C@H]1N. The number of hydrogen-bond acceptors (Lipinski definition) is 6. The van der Waals surface area contributed by atoms with Gasteiger partial charge < -0.3 is 20.5 Å². The van der Waals surface area contributed by atoms with E-state index < -0.39 is 0 Å². The summed E-state index contributed by atoms with van der Waals surface area (Å²) in [4.78, 5) is 11.2. The minimum atomic E-state index is 0.231. The minimum absolute atomic E-state index is 0.231. The second-order valence-corrected chi connectivity index (χ2v) is 9.59. The summed E-state index contributed by atoms with van der Waals surface area (Å²) in [5, 5.41) is 10.1. The maximum absolute atomic E-state index is 6.41. The zero-order chi connectivity index (χ0) is 23.8. The third kappa shape index (κ3) is 4.41. The average Bonchev–Trinajstić information content (AvgIpc) is 3.36. The van der Waals surface area contributed by atoms with Gasteiger partial charge in [0.05, 0.1) is 10.7 Å². The Bertz CT molecular complexity index is 1310. The molecule has 3 N–H and O–H groups in total. The highest BCUT2D eigenvalue weighted by molar-refractivity contribution is 6.35. The van der Waals surface area contributed by atoms with Crippen LogP contribution in [-0.4, -0.2) is 43.4 Å². The molecule has 1 aliphatic carbocycles. The molecule has 0 unspecified atom stereocenters. The summed E-state index contributed by atoms with van der Waals surface area (Å²) in [7, 11) is 3.94. The van der Waals surface area contributed by atoms with E-state index in [-0.39, 0.29) is 6.04 Å². The Labute approximate surface area is 204 Å². The summed E-state index contributed by atoms with van der Waals surface area (Å²) in [6.07, 6.45) is 10.4. The van der Waals surface area contributed by atoms with Crippen LogP contribution >= 0.6 is 11.6 Å². The van der Waals surface area contributed by atoms with Crippen LogP contribution in [0.2, 0.25) is 5.02 Å². The molecule has 0 aliphatic heterocycles. The average molecular weight is 479 g/mol. The van der Waals surface area contributed by atoms with Crippen LogP contribution in [0.1, 0.15) is 36.9 Å². The fourth-order valence-electron chi connectivity index (χ4n) is 4.73. The number of hydrogen-bond donors (Lipinski definition) is 2. The van der Waals surface area contributed by atoms with E-state index in [0.29, 0.717) is 12.0 Å². The molecule has 0 saturated heterocycles. The molecule has 0 bridgehead atoms. The fourth-order valence-corrected chi connectivity index (χ4v) is 5.02. The first-order valence-electron chi connectivity index (χ1n) is 11.8. The molecule has 5 rings (SSSR count).